The van der Waals surface area contributed by atoms with Gasteiger partial charge < -0.3 is 11.1 Å². The second-order valence-corrected chi connectivity index (χ2v) is 3.24. The maximum absolute atomic E-state index is 12.8. The first-order chi connectivity index (χ1) is 7.63. The summed E-state index contributed by atoms with van der Waals surface area (Å²) in [5.41, 5.74) is 6.63. The number of benzene rings is 1. The molecular weight excluding hydrogens is 207 g/mol. The van der Waals surface area contributed by atoms with Gasteiger partial charge in [0.1, 0.15) is 5.82 Å². The molecule has 1 amide bonds. The summed E-state index contributed by atoms with van der Waals surface area (Å²) in [5, 5.41) is 2.52. The predicted octanol–water partition coefficient (Wildman–Crippen LogP) is 0.561. The van der Waals surface area contributed by atoms with Crippen molar-refractivity contribution in [1.29, 1.82) is 0 Å². The maximum atomic E-state index is 12.8. The lowest BCUT2D eigenvalue weighted by Gasteiger charge is -1.98. The number of nitrogens with two attached hydrogens (primary N) is 1. The highest BCUT2D eigenvalue weighted by atomic mass is 19.1. The maximum Gasteiger partial charge on any atom is 0.234 e. The lowest BCUT2D eigenvalue weighted by molar-refractivity contribution is -0.119. The molecule has 0 unspecified atom stereocenters. The van der Waals surface area contributed by atoms with E-state index in [1.165, 1.54) is 12.1 Å². The van der Waals surface area contributed by atoms with E-state index in [4.69, 9.17) is 5.73 Å². The van der Waals surface area contributed by atoms with Gasteiger partial charge in [-0.15, -0.1) is 0 Å². The zero-order valence-corrected chi connectivity index (χ0v) is 9.01. The third-order valence-electron chi connectivity index (χ3n) is 1.97. The number of aryl methyl sites for hydroxylation is 1. The second kappa shape index (κ2) is 5.89. The van der Waals surface area contributed by atoms with Crippen molar-refractivity contribution in [3.05, 3.63) is 35.1 Å². The van der Waals surface area contributed by atoms with Crippen LogP contribution in [0.25, 0.3) is 0 Å². The van der Waals surface area contributed by atoms with Gasteiger partial charge in [0.2, 0.25) is 5.91 Å². The molecule has 0 aliphatic rings. The molecule has 0 atom stereocenters. The molecule has 3 N–H and O–H groups in total. The third-order valence-corrected chi connectivity index (χ3v) is 1.97. The SMILES string of the molecule is Cc1cc(F)ccc1C#CCNC(=O)CN. The van der Waals surface area contributed by atoms with Crippen LogP contribution in [-0.4, -0.2) is 19.0 Å². The van der Waals surface area contributed by atoms with Crippen molar-refractivity contribution in [3.8, 4) is 11.8 Å². The molecule has 4 heteroatoms. The Kier molecular flexibility index (Phi) is 4.49. The summed E-state index contributed by atoms with van der Waals surface area (Å²) in [6.45, 7) is 1.98. The number of halogens is 1. The largest absolute Gasteiger partial charge is 0.344 e. The van der Waals surface area contributed by atoms with Crippen molar-refractivity contribution in [1.82, 2.24) is 5.32 Å². The Labute approximate surface area is 93.8 Å². The Morgan fingerprint density at radius 2 is 2.31 bits per heavy atom. The van der Waals surface area contributed by atoms with Crippen molar-refractivity contribution in [2.24, 2.45) is 5.73 Å². The van der Waals surface area contributed by atoms with Crippen LogP contribution in [0.1, 0.15) is 11.1 Å². The molecule has 0 aromatic heterocycles. The fourth-order valence-corrected chi connectivity index (χ4v) is 1.12. The van der Waals surface area contributed by atoms with Gasteiger partial charge in [-0.1, -0.05) is 11.8 Å². The molecule has 0 heterocycles. The van der Waals surface area contributed by atoms with Gasteiger partial charge >= 0.3 is 0 Å². The van der Waals surface area contributed by atoms with Gasteiger partial charge in [-0.3, -0.25) is 4.79 Å². The molecule has 1 aromatic carbocycles. The van der Waals surface area contributed by atoms with Gasteiger partial charge in [0.25, 0.3) is 0 Å². The van der Waals surface area contributed by atoms with Crippen LogP contribution < -0.4 is 11.1 Å². The van der Waals surface area contributed by atoms with Gasteiger partial charge in [0.15, 0.2) is 0 Å². The first kappa shape index (κ1) is 12.2. The first-order valence-electron chi connectivity index (χ1n) is 4.85. The van der Waals surface area contributed by atoms with E-state index >= 15 is 0 Å². The van der Waals surface area contributed by atoms with Crippen molar-refractivity contribution in [2.45, 2.75) is 6.92 Å². The molecule has 0 aliphatic heterocycles. The summed E-state index contributed by atoms with van der Waals surface area (Å²) in [5.74, 6) is 5.09. The van der Waals surface area contributed by atoms with Crippen LogP contribution >= 0.6 is 0 Å². The van der Waals surface area contributed by atoms with Crippen LogP contribution in [-0.2, 0) is 4.79 Å². The standard InChI is InChI=1S/C12H13FN2O/c1-9-7-11(13)5-4-10(9)3-2-6-15-12(16)8-14/h4-5,7H,6,8,14H2,1H3,(H,15,16). The van der Waals surface area contributed by atoms with E-state index in [-0.39, 0.29) is 24.8 Å². The highest BCUT2D eigenvalue weighted by molar-refractivity contribution is 5.77. The molecule has 0 bridgehead atoms. The van der Waals surface area contributed by atoms with E-state index in [0.29, 0.717) is 0 Å². The Morgan fingerprint density at radius 3 is 2.94 bits per heavy atom. The molecule has 0 spiro atoms. The monoisotopic (exact) mass is 220 g/mol. The van der Waals surface area contributed by atoms with Gasteiger partial charge in [0, 0.05) is 5.56 Å². The quantitative estimate of drug-likeness (QED) is 0.715. The van der Waals surface area contributed by atoms with E-state index in [1.807, 2.05) is 0 Å². The highest BCUT2D eigenvalue weighted by Gasteiger charge is 1.96. The zero-order chi connectivity index (χ0) is 12.0. The Balaban J connectivity index is 2.60. The highest BCUT2D eigenvalue weighted by Crippen LogP contribution is 2.08. The number of hydrogen-bond donors (Lipinski definition) is 2. The summed E-state index contributed by atoms with van der Waals surface area (Å²) in [6, 6.07) is 4.39. The normalized spacial score (nSPS) is 9.19. The molecular formula is C12H13FN2O. The van der Waals surface area contributed by atoms with E-state index in [2.05, 4.69) is 17.2 Å². The van der Waals surface area contributed by atoms with Gasteiger partial charge in [-0.2, -0.15) is 0 Å². The third kappa shape index (κ3) is 3.71. The minimum absolute atomic E-state index is 0.0444. The summed E-state index contributed by atoms with van der Waals surface area (Å²) in [7, 11) is 0. The van der Waals surface area contributed by atoms with Crippen LogP contribution in [0.15, 0.2) is 18.2 Å². The van der Waals surface area contributed by atoms with E-state index in [1.54, 1.807) is 13.0 Å². The Morgan fingerprint density at radius 1 is 1.56 bits per heavy atom. The minimum Gasteiger partial charge on any atom is -0.344 e. The average Bonchev–Trinajstić information content (AvgIpc) is 2.26. The van der Waals surface area contributed by atoms with E-state index in [0.717, 1.165) is 11.1 Å². The summed E-state index contributed by atoms with van der Waals surface area (Å²) >= 11 is 0. The molecule has 3 nitrogen and oxygen atoms in total. The fraction of sp³-hybridized carbons (Fsp3) is 0.250. The Bertz CT molecular complexity index is 446. The van der Waals surface area contributed by atoms with Crippen molar-refractivity contribution >= 4 is 5.91 Å². The molecule has 0 radical (unpaired) electrons. The lowest BCUT2D eigenvalue weighted by Crippen LogP contribution is -2.30. The number of amides is 1. The number of hydrogen-bond acceptors (Lipinski definition) is 2. The van der Waals surface area contributed by atoms with Crippen molar-refractivity contribution in [3.63, 3.8) is 0 Å². The number of carbonyl (C=O) groups excluding carboxylic acids is 1. The summed E-state index contributed by atoms with van der Waals surface area (Å²) in [6.07, 6.45) is 0. The fourth-order valence-electron chi connectivity index (χ4n) is 1.12. The average molecular weight is 220 g/mol. The molecule has 16 heavy (non-hydrogen) atoms. The number of nitrogens with one attached hydrogen (secondary N) is 1. The molecule has 0 saturated carbocycles. The van der Waals surface area contributed by atoms with Gasteiger partial charge in [0.05, 0.1) is 13.1 Å². The van der Waals surface area contributed by atoms with Crippen molar-refractivity contribution in [2.75, 3.05) is 13.1 Å². The smallest absolute Gasteiger partial charge is 0.234 e. The lowest BCUT2D eigenvalue weighted by atomic mass is 10.1. The Hall–Kier alpha value is -1.86. The molecule has 1 aromatic rings. The van der Waals surface area contributed by atoms with Gasteiger partial charge in [-0.05, 0) is 30.7 Å². The number of rotatable bonds is 2. The van der Waals surface area contributed by atoms with Crippen LogP contribution in [0, 0.1) is 24.6 Å². The van der Waals surface area contributed by atoms with Crippen LogP contribution in [0.3, 0.4) is 0 Å². The minimum atomic E-state index is -0.278. The predicted molar refractivity (Wildman–Crippen MR) is 60.1 cm³/mol. The first-order valence-corrected chi connectivity index (χ1v) is 4.85. The number of carbonyl (C=O) groups is 1. The topological polar surface area (TPSA) is 55.1 Å². The van der Waals surface area contributed by atoms with Gasteiger partial charge in [-0.25, -0.2) is 4.39 Å². The molecule has 0 fully saturated rings. The molecule has 1 rings (SSSR count). The van der Waals surface area contributed by atoms with E-state index in [9.17, 15) is 9.18 Å². The summed E-state index contributed by atoms with van der Waals surface area (Å²) in [4.78, 5) is 10.8. The zero-order valence-electron chi connectivity index (χ0n) is 9.01. The summed E-state index contributed by atoms with van der Waals surface area (Å²) < 4.78 is 12.8. The van der Waals surface area contributed by atoms with Crippen molar-refractivity contribution < 1.29 is 9.18 Å². The van der Waals surface area contributed by atoms with E-state index < -0.39 is 0 Å². The molecule has 0 aliphatic carbocycles. The molecule has 84 valence electrons. The van der Waals surface area contributed by atoms with Crippen LogP contribution in [0.4, 0.5) is 4.39 Å². The molecule has 0 saturated heterocycles. The van der Waals surface area contributed by atoms with Crippen LogP contribution in [0.5, 0.6) is 0 Å². The second-order valence-electron chi connectivity index (χ2n) is 3.24. The van der Waals surface area contributed by atoms with Crippen LogP contribution in [0.2, 0.25) is 0 Å².